The zero-order valence-electron chi connectivity index (χ0n) is 20.2. The lowest BCUT2D eigenvalue weighted by Gasteiger charge is -2.28. The minimum Gasteiger partial charge on any atom is -0.444 e. The highest BCUT2D eigenvalue weighted by atomic mass is 32.2. The van der Waals surface area contributed by atoms with Crippen LogP contribution in [-0.4, -0.2) is 39.6 Å². The van der Waals surface area contributed by atoms with E-state index in [4.69, 9.17) is 4.74 Å². The molecule has 2 N–H and O–H groups in total. The molecule has 5 rings (SSSR count). The van der Waals surface area contributed by atoms with Crippen LogP contribution in [0.2, 0.25) is 0 Å². The molecule has 2 aliphatic rings. The molecule has 8 nitrogen and oxygen atoms in total. The maximum absolute atomic E-state index is 13.3. The van der Waals surface area contributed by atoms with Crippen LogP contribution >= 0.6 is 11.8 Å². The third-order valence-corrected chi connectivity index (χ3v) is 7.67. The Hall–Kier alpha value is -3.85. The molecule has 1 aliphatic carbocycles. The van der Waals surface area contributed by atoms with Crippen molar-refractivity contribution in [2.45, 2.75) is 37.4 Å². The van der Waals surface area contributed by atoms with E-state index in [2.05, 4.69) is 15.6 Å². The van der Waals surface area contributed by atoms with E-state index < -0.39 is 12.1 Å². The summed E-state index contributed by atoms with van der Waals surface area (Å²) in [6.07, 6.45) is 4.73. The molecule has 3 amide bonds. The first-order valence-corrected chi connectivity index (χ1v) is 13.3. The molecule has 37 heavy (non-hydrogen) atoms. The molecular weight excluding hydrogens is 488 g/mol. The van der Waals surface area contributed by atoms with Gasteiger partial charge in [0.15, 0.2) is 0 Å². The summed E-state index contributed by atoms with van der Waals surface area (Å²) in [5, 5.41) is 5.51. The highest BCUT2D eigenvalue weighted by Gasteiger charge is 2.43. The third-order valence-electron chi connectivity index (χ3n) is 6.35. The Balaban J connectivity index is 1.25. The molecule has 1 saturated carbocycles. The molecule has 1 aromatic heterocycles. The lowest BCUT2D eigenvalue weighted by atomic mass is 10.1. The molecule has 0 radical (unpaired) electrons. The van der Waals surface area contributed by atoms with Crippen molar-refractivity contribution in [1.82, 2.24) is 15.2 Å². The summed E-state index contributed by atoms with van der Waals surface area (Å²) >= 11 is 1.52. The average Bonchev–Trinajstić information content (AvgIpc) is 3.70. The van der Waals surface area contributed by atoms with E-state index in [9.17, 15) is 14.4 Å². The molecule has 1 saturated heterocycles. The number of nitrogens with one attached hydrogen (secondary N) is 2. The number of pyridine rings is 1. The Morgan fingerprint density at radius 1 is 0.919 bits per heavy atom. The quantitative estimate of drug-likeness (QED) is 0.457. The van der Waals surface area contributed by atoms with Crippen molar-refractivity contribution in [3.8, 4) is 0 Å². The number of anilines is 1. The van der Waals surface area contributed by atoms with Gasteiger partial charge in [-0.25, -0.2) is 4.79 Å². The van der Waals surface area contributed by atoms with Crippen molar-refractivity contribution in [3.63, 3.8) is 0 Å². The largest absolute Gasteiger partial charge is 0.444 e. The Morgan fingerprint density at radius 2 is 1.65 bits per heavy atom. The van der Waals surface area contributed by atoms with Gasteiger partial charge in [0.1, 0.15) is 18.0 Å². The fourth-order valence-corrected chi connectivity index (χ4v) is 5.54. The van der Waals surface area contributed by atoms with Crippen LogP contribution in [0.4, 0.5) is 10.5 Å². The molecule has 2 fully saturated rings. The van der Waals surface area contributed by atoms with Gasteiger partial charge in [-0.2, -0.15) is 0 Å². The zero-order chi connectivity index (χ0) is 25.6. The number of ether oxygens (including phenoxy) is 1. The Bertz CT molecular complexity index is 1240. The lowest BCUT2D eigenvalue weighted by molar-refractivity contribution is -0.122. The molecule has 190 valence electrons. The van der Waals surface area contributed by atoms with Crippen LogP contribution in [0.3, 0.4) is 0 Å². The summed E-state index contributed by atoms with van der Waals surface area (Å²) in [5.41, 5.74) is 3.33. The van der Waals surface area contributed by atoms with Gasteiger partial charge in [0, 0.05) is 36.3 Å². The van der Waals surface area contributed by atoms with Crippen molar-refractivity contribution in [2.24, 2.45) is 5.92 Å². The van der Waals surface area contributed by atoms with Gasteiger partial charge in [0.2, 0.25) is 11.8 Å². The van der Waals surface area contributed by atoms with Crippen molar-refractivity contribution >= 4 is 35.4 Å². The predicted octanol–water partition coefficient (Wildman–Crippen LogP) is 4.50. The molecule has 1 unspecified atom stereocenters. The van der Waals surface area contributed by atoms with Crippen LogP contribution in [0, 0.1) is 5.92 Å². The Morgan fingerprint density at radius 3 is 2.35 bits per heavy atom. The van der Waals surface area contributed by atoms with E-state index in [1.54, 1.807) is 24.5 Å². The minimum absolute atomic E-state index is 0.0964. The number of rotatable bonds is 8. The van der Waals surface area contributed by atoms with Gasteiger partial charge < -0.3 is 15.4 Å². The van der Waals surface area contributed by atoms with Gasteiger partial charge in [0.25, 0.3) is 0 Å². The molecule has 0 spiro atoms. The number of hydrogen-bond donors (Lipinski definition) is 2. The van der Waals surface area contributed by atoms with Gasteiger partial charge in [-0.15, -0.1) is 11.8 Å². The van der Waals surface area contributed by atoms with E-state index in [0.717, 1.165) is 29.5 Å². The van der Waals surface area contributed by atoms with Crippen LogP contribution in [0.25, 0.3) is 0 Å². The Kier molecular flexibility index (Phi) is 7.70. The van der Waals surface area contributed by atoms with E-state index in [1.807, 2.05) is 54.6 Å². The summed E-state index contributed by atoms with van der Waals surface area (Å²) in [7, 11) is 0. The molecule has 2 atom stereocenters. The normalized spacial score (nSPS) is 18.8. The Labute approximate surface area is 219 Å². The first kappa shape index (κ1) is 24.8. The SMILES string of the molecule is O=C(NCc1ccc(NC(=O)[C@@H]2CSC(c3ccncc3)N2C(=O)OCc2ccccc2)cc1)C1CC1. The van der Waals surface area contributed by atoms with Gasteiger partial charge in [-0.05, 0) is 53.8 Å². The highest BCUT2D eigenvalue weighted by Crippen LogP contribution is 2.42. The van der Waals surface area contributed by atoms with Crippen LogP contribution in [-0.2, 0) is 27.5 Å². The van der Waals surface area contributed by atoms with Crippen LogP contribution in [0.15, 0.2) is 79.1 Å². The summed E-state index contributed by atoms with van der Waals surface area (Å²) in [6, 6.07) is 19.8. The van der Waals surface area contributed by atoms with E-state index >= 15 is 0 Å². The number of carbonyl (C=O) groups is 3. The maximum atomic E-state index is 13.3. The first-order chi connectivity index (χ1) is 18.1. The van der Waals surface area contributed by atoms with Crippen LogP contribution in [0.5, 0.6) is 0 Å². The van der Waals surface area contributed by atoms with Gasteiger partial charge in [-0.1, -0.05) is 42.5 Å². The number of nitrogens with zero attached hydrogens (tertiary/aromatic N) is 2. The molecule has 3 aromatic rings. The minimum atomic E-state index is -0.705. The molecule has 2 aromatic carbocycles. The van der Waals surface area contributed by atoms with E-state index in [1.165, 1.54) is 16.7 Å². The monoisotopic (exact) mass is 516 g/mol. The average molecular weight is 517 g/mol. The predicted molar refractivity (Wildman–Crippen MR) is 141 cm³/mol. The second-order valence-electron chi connectivity index (χ2n) is 9.11. The van der Waals surface area contributed by atoms with Crippen LogP contribution < -0.4 is 10.6 Å². The second-order valence-corrected chi connectivity index (χ2v) is 10.2. The van der Waals surface area contributed by atoms with Gasteiger partial charge in [-0.3, -0.25) is 19.5 Å². The summed E-state index contributed by atoms with van der Waals surface area (Å²) in [4.78, 5) is 44.0. The van der Waals surface area contributed by atoms with E-state index in [-0.39, 0.29) is 29.7 Å². The second kappa shape index (κ2) is 11.5. The topological polar surface area (TPSA) is 101 Å². The molecular formula is C28H28N4O4S. The fourth-order valence-electron chi connectivity index (χ4n) is 4.12. The molecule has 0 bridgehead atoms. The lowest BCUT2D eigenvalue weighted by Crippen LogP contribution is -2.45. The highest BCUT2D eigenvalue weighted by molar-refractivity contribution is 7.99. The van der Waals surface area contributed by atoms with Gasteiger partial charge in [0.05, 0.1) is 0 Å². The fraction of sp³-hybridized carbons (Fsp3) is 0.286. The molecule has 1 aliphatic heterocycles. The van der Waals surface area contributed by atoms with Crippen molar-refractivity contribution in [3.05, 3.63) is 95.8 Å². The standard InChI is InChI=1S/C28H28N4O4S/c33-25(21-8-9-21)30-16-19-6-10-23(11-7-19)31-26(34)24-18-37-27(22-12-14-29-15-13-22)32(24)28(35)36-17-20-4-2-1-3-5-20/h1-7,10-15,21,24,27H,8-9,16-18H2,(H,30,33)(H,31,34)/t24-,27?/m0/s1. The summed E-state index contributed by atoms with van der Waals surface area (Å²) < 4.78 is 5.62. The third kappa shape index (κ3) is 6.29. The summed E-state index contributed by atoms with van der Waals surface area (Å²) in [6.45, 7) is 0.578. The van der Waals surface area contributed by atoms with Crippen LogP contribution in [0.1, 0.15) is 34.9 Å². The summed E-state index contributed by atoms with van der Waals surface area (Å²) in [5.74, 6) is 0.417. The number of aromatic nitrogens is 1. The van der Waals surface area contributed by atoms with Crippen molar-refractivity contribution < 1.29 is 19.1 Å². The number of amides is 3. The number of carbonyl (C=O) groups excluding carboxylic acids is 3. The number of hydrogen-bond acceptors (Lipinski definition) is 6. The molecule has 2 heterocycles. The van der Waals surface area contributed by atoms with Crippen molar-refractivity contribution in [1.29, 1.82) is 0 Å². The van der Waals surface area contributed by atoms with Crippen molar-refractivity contribution in [2.75, 3.05) is 11.1 Å². The zero-order valence-corrected chi connectivity index (χ0v) is 21.0. The first-order valence-electron chi connectivity index (χ1n) is 12.3. The maximum Gasteiger partial charge on any atom is 0.412 e. The number of thioether (sulfide) groups is 1. The van der Waals surface area contributed by atoms with Gasteiger partial charge >= 0.3 is 6.09 Å². The van der Waals surface area contributed by atoms with E-state index in [0.29, 0.717) is 18.0 Å². The number of benzene rings is 2. The smallest absolute Gasteiger partial charge is 0.412 e. The molecule has 9 heteroatoms.